The van der Waals surface area contributed by atoms with Gasteiger partial charge in [-0.1, -0.05) is 19.9 Å². The highest BCUT2D eigenvalue weighted by Crippen LogP contribution is 2.26. The number of aryl methyl sites for hydroxylation is 1. The molecule has 2 rings (SSSR count). The molecule has 0 saturated heterocycles. The van der Waals surface area contributed by atoms with Crippen LogP contribution in [0.4, 0.5) is 0 Å². The molecule has 2 aromatic rings. The molecular weight excluding hydrogens is 358 g/mol. The summed E-state index contributed by atoms with van der Waals surface area (Å²) in [5.74, 6) is 0.970. The zero-order valence-electron chi connectivity index (χ0n) is 13.9. The number of halogens is 1. The van der Waals surface area contributed by atoms with E-state index in [-0.39, 0.29) is 5.91 Å². The van der Waals surface area contributed by atoms with Crippen LogP contribution >= 0.6 is 15.9 Å². The Hall–Kier alpha value is -1.82. The Kier molecular flexibility index (Phi) is 5.82. The lowest BCUT2D eigenvalue weighted by atomic mass is 10.1. The van der Waals surface area contributed by atoms with E-state index in [0.717, 1.165) is 21.5 Å². The zero-order chi connectivity index (χ0) is 17.0. The molecule has 0 fully saturated rings. The molecule has 6 heteroatoms. The Morgan fingerprint density at radius 1 is 1.39 bits per heavy atom. The molecular formula is C17H22BrN3O2. The summed E-state index contributed by atoms with van der Waals surface area (Å²) in [7, 11) is 1.79. The second-order valence-electron chi connectivity index (χ2n) is 5.61. The van der Waals surface area contributed by atoms with Gasteiger partial charge in [0.25, 0.3) is 5.91 Å². The molecule has 0 bridgehead atoms. The maximum atomic E-state index is 12.3. The van der Waals surface area contributed by atoms with E-state index < -0.39 is 0 Å². The molecule has 1 amide bonds. The highest BCUT2D eigenvalue weighted by molar-refractivity contribution is 9.10. The number of nitrogens with zero attached hydrogens (tertiary/aromatic N) is 2. The normalized spacial score (nSPS) is 10.9. The fraction of sp³-hybridized carbons (Fsp3) is 0.412. The van der Waals surface area contributed by atoms with Crippen molar-refractivity contribution in [3.8, 4) is 5.75 Å². The smallest absolute Gasteiger partial charge is 0.269 e. The van der Waals surface area contributed by atoms with Crippen molar-refractivity contribution in [2.45, 2.75) is 33.2 Å². The van der Waals surface area contributed by atoms with Crippen LogP contribution < -0.4 is 10.1 Å². The van der Waals surface area contributed by atoms with E-state index in [9.17, 15) is 4.79 Å². The molecule has 1 N–H and O–H groups in total. The maximum absolute atomic E-state index is 12.3. The van der Waals surface area contributed by atoms with Gasteiger partial charge in [-0.2, -0.15) is 5.10 Å². The monoisotopic (exact) mass is 379 g/mol. The lowest BCUT2D eigenvalue weighted by Crippen LogP contribution is -2.25. The summed E-state index contributed by atoms with van der Waals surface area (Å²) in [6, 6.07) is 7.64. The van der Waals surface area contributed by atoms with Crippen molar-refractivity contribution in [3.05, 3.63) is 45.7 Å². The molecule has 23 heavy (non-hydrogen) atoms. The molecule has 0 atom stereocenters. The van der Waals surface area contributed by atoms with Crippen LogP contribution in [-0.4, -0.2) is 22.3 Å². The summed E-state index contributed by atoms with van der Waals surface area (Å²) in [4.78, 5) is 12.3. The topological polar surface area (TPSA) is 56.1 Å². The molecule has 0 spiro atoms. The number of amides is 1. The van der Waals surface area contributed by atoms with Gasteiger partial charge in [-0.25, -0.2) is 0 Å². The first-order chi connectivity index (χ1) is 10.9. The highest BCUT2D eigenvalue weighted by Gasteiger charge is 2.14. The number of hydrogen-bond acceptors (Lipinski definition) is 3. The highest BCUT2D eigenvalue weighted by atomic mass is 79.9. The van der Waals surface area contributed by atoms with Gasteiger partial charge >= 0.3 is 0 Å². The number of rotatable bonds is 6. The summed E-state index contributed by atoms with van der Waals surface area (Å²) in [6.07, 6.45) is 0. The molecule has 1 aromatic heterocycles. The molecule has 0 aliphatic carbocycles. The first kappa shape index (κ1) is 17.5. The minimum atomic E-state index is -0.128. The molecule has 0 aliphatic rings. The molecule has 0 aliphatic heterocycles. The first-order valence-corrected chi connectivity index (χ1v) is 8.45. The fourth-order valence-electron chi connectivity index (χ4n) is 2.18. The predicted octanol–water partition coefficient (Wildman–Crippen LogP) is 3.63. The van der Waals surface area contributed by atoms with E-state index in [1.807, 2.05) is 31.2 Å². The van der Waals surface area contributed by atoms with Gasteiger partial charge in [0, 0.05) is 13.6 Å². The largest absolute Gasteiger partial charge is 0.493 e. The van der Waals surface area contributed by atoms with E-state index in [2.05, 4.69) is 40.2 Å². The first-order valence-electron chi connectivity index (χ1n) is 7.65. The lowest BCUT2D eigenvalue weighted by Gasteiger charge is -2.09. The summed E-state index contributed by atoms with van der Waals surface area (Å²) in [5, 5.41) is 7.29. The number of benzene rings is 1. The molecule has 0 unspecified atom stereocenters. The van der Waals surface area contributed by atoms with Crippen molar-refractivity contribution >= 4 is 21.8 Å². The van der Waals surface area contributed by atoms with E-state index in [1.54, 1.807) is 11.7 Å². The van der Waals surface area contributed by atoms with Crippen molar-refractivity contribution in [3.63, 3.8) is 0 Å². The SMILES string of the molecule is CCOc1ccc(CNC(=O)c2cc(C(C)C)nn2C)cc1Br. The van der Waals surface area contributed by atoms with Crippen molar-refractivity contribution in [1.82, 2.24) is 15.1 Å². The zero-order valence-corrected chi connectivity index (χ0v) is 15.5. The molecule has 1 heterocycles. The van der Waals surface area contributed by atoms with Gasteiger partial charge in [0.15, 0.2) is 0 Å². The number of aromatic nitrogens is 2. The van der Waals surface area contributed by atoms with Gasteiger partial charge in [-0.15, -0.1) is 0 Å². The van der Waals surface area contributed by atoms with Crippen LogP contribution in [0.2, 0.25) is 0 Å². The third-order valence-electron chi connectivity index (χ3n) is 3.47. The lowest BCUT2D eigenvalue weighted by molar-refractivity contribution is 0.0941. The standard InChI is InChI=1S/C17H22BrN3O2/c1-5-23-16-7-6-12(8-13(16)18)10-19-17(22)15-9-14(11(2)3)20-21(15)4/h6-9,11H,5,10H2,1-4H3,(H,19,22). The Bertz CT molecular complexity index is 695. The maximum Gasteiger partial charge on any atom is 0.269 e. The van der Waals surface area contributed by atoms with Crippen molar-refractivity contribution in [1.29, 1.82) is 0 Å². The van der Waals surface area contributed by atoms with E-state index in [1.165, 1.54) is 0 Å². The van der Waals surface area contributed by atoms with Crippen molar-refractivity contribution < 1.29 is 9.53 Å². The summed E-state index contributed by atoms with van der Waals surface area (Å²) < 4.78 is 7.99. The quantitative estimate of drug-likeness (QED) is 0.833. The minimum absolute atomic E-state index is 0.128. The van der Waals surface area contributed by atoms with Gasteiger partial charge < -0.3 is 10.1 Å². The van der Waals surface area contributed by atoms with E-state index in [0.29, 0.717) is 24.8 Å². The van der Waals surface area contributed by atoms with Gasteiger partial charge in [0.05, 0.1) is 16.8 Å². The number of nitrogens with one attached hydrogen (secondary N) is 1. The van der Waals surface area contributed by atoms with Crippen molar-refractivity contribution in [2.75, 3.05) is 6.61 Å². The van der Waals surface area contributed by atoms with E-state index >= 15 is 0 Å². The molecule has 0 radical (unpaired) electrons. The predicted molar refractivity (Wildman–Crippen MR) is 93.8 cm³/mol. The summed E-state index contributed by atoms with van der Waals surface area (Å²) in [5.41, 5.74) is 2.49. The second kappa shape index (κ2) is 7.64. The number of carbonyl (C=O) groups excluding carboxylic acids is 1. The van der Waals surface area contributed by atoms with Gasteiger partial charge in [-0.05, 0) is 52.5 Å². The van der Waals surface area contributed by atoms with Gasteiger partial charge in [0.1, 0.15) is 11.4 Å². The molecule has 5 nitrogen and oxygen atoms in total. The van der Waals surface area contributed by atoms with Crippen LogP contribution in [0.25, 0.3) is 0 Å². The third kappa shape index (κ3) is 4.34. The molecule has 0 saturated carbocycles. The average molecular weight is 380 g/mol. The summed E-state index contributed by atoms with van der Waals surface area (Å²) >= 11 is 3.48. The van der Waals surface area contributed by atoms with Crippen LogP contribution in [0.3, 0.4) is 0 Å². The van der Waals surface area contributed by atoms with Crippen LogP contribution in [0.1, 0.15) is 48.4 Å². The summed E-state index contributed by atoms with van der Waals surface area (Å²) in [6.45, 7) is 7.13. The number of hydrogen-bond donors (Lipinski definition) is 1. The van der Waals surface area contributed by atoms with Crippen molar-refractivity contribution in [2.24, 2.45) is 7.05 Å². The van der Waals surface area contributed by atoms with Crippen LogP contribution in [-0.2, 0) is 13.6 Å². The van der Waals surface area contributed by atoms with Crippen LogP contribution in [0, 0.1) is 0 Å². The van der Waals surface area contributed by atoms with Gasteiger partial charge in [-0.3, -0.25) is 9.48 Å². The van der Waals surface area contributed by atoms with Crippen LogP contribution in [0.5, 0.6) is 5.75 Å². The Morgan fingerprint density at radius 3 is 2.70 bits per heavy atom. The Morgan fingerprint density at radius 2 is 2.13 bits per heavy atom. The average Bonchev–Trinajstić information content (AvgIpc) is 2.90. The molecule has 124 valence electrons. The number of carbonyl (C=O) groups is 1. The Balaban J connectivity index is 2.03. The van der Waals surface area contributed by atoms with E-state index in [4.69, 9.17) is 4.74 Å². The Labute approximate surface area is 145 Å². The molecule has 1 aromatic carbocycles. The van der Waals surface area contributed by atoms with Crippen LogP contribution in [0.15, 0.2) is 28.7 Å². The van der Waals surface area contributed by atoms with Gasteiger partial charge in [0.2, 0.25) is 0 Å². The second-order valence-corrected chi connectivity index (χ2v) is 6.47. The number of ether oxygens (including phenoxy) is 1. The minimum Gasteiger partial charge on any atom is -0.493 e. The fourth-order valence-corrected chi connectivity index (χ4v) is 2.72. The third-order valence-corrected chi connectivity index (χ3v) is 4.09.